The Morgan fingerprint density at radius 1 is 1.24 bits per heavy atom. The van der Waals surface area contributed by atoms with Gasteiger partial charge in [0.25, 0.3) is 5.91 Å². The summed E-state index contributed by atoms with van der Waals surface area (Å²) in [5.41, 5.74) is 1.67. The van der Waals surface area contributed by atoms with Gasteiger partial charge in [-0.2, -0.15) is 0 Å². The van der Waals surface area contributed by atoms with E-state index in [0.29, 0.717) is 17.3 Å². The molecule has 0 fully saturated rings. The molecule has 2 aromatic rings. The van der Waals surface area contributed by atoms with E-state index < -0.39 is 0 Å². The second-order valence-electron chi connectivity index (χ2n) is 4.51. The van der Waals surface area contributed by atoms with E-state index in [9.17, 15) is 4.79 Å². The van der Waals surface area contributed by atoms with E-state index in [4.69, 9.17) is 11.6 Å². The third kappa shape index (κ3) is 5.49. The normalized spacial score (nSPS) is 10.3. The van der Waals surface area contributed by atoms with Crippen molar-refractivity contribution in [3.63, 3.8) is 0 Å². The van der Waals surface area contributed by atoms with Gasteiger partial charge in [0.2, 0.25) is 0 Å². The number of carbonyl (C=O) groups excluding carboxylic acids is 1. The van der Waals surface area contributed by atoms with Crippen LogP contribution in [0.2, 0.25) is 5.15 Å². The molecule has 0 aliphatic rings. The standard InChI is InChI=1S/C15H17ClN4O/c16-14-9-13(4-8-19-14)15(21)20-7-2-6-18-11-12-3-1-5-17-10-12/h1,3-5,8-10,18H,2,6-7,11H2,(H,20,21). The smallest absolute Gasteiger partial charge is 0.251 e. The molecule has 0 aliphatic carbocycles. The second kappa shape index (κ2) is 8.34. The molecule has 0 saturated carbocycles. The molecule has 1 amide bonds. The van der Waals surface area contributed by atoms with Crippen LogP contribution < -0.4 is 10.6 Å². The first-order valence-electron chi connectivity index (χ1n) is 6.75. The molecule has 21 heavy (non-hydrogen) atoms. The summed E-state index contributed by atoms with van der Waals surface area (Å²) in [7, 11) is 0. The van der Waals surface area contributed by atoms with E-state index >= 15 is 0 Å². The SMILES string of the molecule is O=C(NCCCNCc1cccnc1)c1ccnc(Cl)c1. The Morgan fingerprint density at radius 2 is 2.14 bits per heavy atom. The highest BCUT2D eigenvalue weighted by Crippen LogP contribution is 2.06. The van der Waals surface area contributed by atoms with Gasteiger partial charge >= 0.3 is 0 Å². The monoisotopic (exact) mass is 304 g/mol. The zero-order valence-corrected chi connectivity index (χ0v) is 12.3. The maximum absolute atomic E-state index is 11.8. The molecule has 2 N–H and O–H groups in total. The summed E-state index contributed by atoms with van der Waals surface area (Å²) in [6.45, 7) is 2.22. The van der Waals surface area contributed by atoms with Gasteiger partial charge in [-0.25, -0.2) is 4.98 Å². The Bertz CT molecular complexity index is 577. The minimum Gasteiger partial charge on any atom is -0.352 e. The maximum Gasteiger partial charge on any atom is 0.251 e. The van der Waals surface area contributed by atoms with E-state index in [0.717, 1.165) is 25.1 Å². The number of rotatable bonds is 7. The molecule has 0 spiro atoms. The quantitative estimate of drug-likeness (QED) is 0.607. The largest absolute Gasteiger partial charge is 0.352 e. The molecule has 0 atom stereocenters. The van der Waals surface area contributed by atoms with Gasteiger partial charge < -0.3 is 10.6 Å². The van der Waals surface area contributed by atoms with Crippen LogP contribution in [0.15, 0.2) is 42.9 Å². The summed E-state index contributed by atoms with van der Waals surface area (Å²) in [5.74, 6) is -0.133. The fourth-order valence-corrected chi connectivity index (χ4v) is 1.97. The Morgan fingerprint density at radius 3 is 2.90 bits per heavy atom. The highest BCUT2D eigenvalue weighted by Gasteiger charge is 2.05. The van der Waals surface area contributed by atoms with Crippen molar-refractivity contribution in [2.75, 3.05) is 13.1 Å². The van der Waals surface area contributed by atoms with Crippen LogP contribution in [-0.4, -0.2) is 29.0 Å². The van der Waals surface area contributed by atoms with Gasteiger partial charge in [0.15, 0.2) is 0 Å². The van der Waals surface area contributed by atoms with Crippen molar-refractivity contribution in [3.05, 3.63) is 59.1 Å². The Balaban J connectivity index is 1.60. The zero-order valence-electron chi connectivity index (χ0n) is 11.6. The number of halogens is 1. The summed E-state index contributed by atoms with van der Waals surface area (Å²) in [6, 6.07) is 7.13. The molecular formula is C15H17ClN4O. The molecule has 0 bridgehead atoms. The molecular weight excluding hydrogens is 288 g/mol. The van der Waals surface area contributed by atoms with Gasteiger partial charge in [0, 0.05) is 37.2 Å². The predicted molar refractivity (Wildman–Crippen MR) is 82.1 cm³/mol. The highest BCUT2D eigenvalue weighted by molar-refractivity contribution is 6.29. The molecule has 0 unspecified atom stereocenters. The summed E-state index contributed by atoms with van der Waals surface area (Å²) >= 11 is 5.74. The number of hydrogen-bond acceptors (Lipinski definition) is 4. The minimum atomic E-state index is -0.133. The number of carbonyl (C=O) groups is 1. The lowest BCUT2D eigenvalue weighted by molar-refractivity contribution is 0.0953. The van der Waals surface area contributed by atoms with E-state index in [1.807, 2.05) is 18.3 Å². The summed E-state index contributed by atoms with van der Waals surface area (Å²) in [6.07, 6.45) is 5.96. The van der Waals surface area contributed by atoms with Crippen LogP contribution in [0.3, 0.4) is 0 Å². The van der Waals surface area contributed by atoms with E-state index in [-0.39, 0.29) is 5.91 Å². The van der Waals surface area contributed by atoms with Crippen LogP contribution in [0.25, 0.3) is 0 Å². The molecule has 6 heteroatoms. The number of hydrogen-bond donors (Lipinski definition) is 2. The third-order valence-corrected chi connectivity index (χ3v) is 3.06. The highest BCUT2D eigenvalue weighted by atomic mass is 35.5. The van der Waals surface area contributed by atoms with Crippen molar-refractivity contribution in [1.82, 2.24) is 20.6 Å². The Hall–Kier alpha value is -1.98. The Kier molecular flexibility index (Phi) is 6.12. The van der Waals surface area contributed by atoms with E-state index in [1.165, 1.54) is 6.20 Å². The number of nitrogens with zero attached hydrogens (tertiary/aromatic N) is 2. The lowest BCUT2D eigenvalue weighted by Crippen LogP contribution is -2.27. The van der Waals surface area contributed by atoms with E-state index in [1.54, 1.807) is 18.3 Å². The van der Waals surface area contributed by atoms with Crippen LogP contribution in [-0.2, 0) is 6.54 Å². The number of aromatic nitrogens is 2. The number of pyridine rings is 2. The first-order chi connectivity index (χ1) is 10.3. The molecule has 0 radical (unpaired) electrons. The molecule has 0 aromatic carbocycles. The Labute approximate surface area is 128 Å². The maximum atomic E-state index is 11.8. The van der Waals surface area contributed by atoms with Crippen LogP contribution in [0.4, 0.5) is 0 Å². The van der Waals surface area contributed by atoms with Crippen molar-refractivity contribution >= 4 is 17.5 Å². The van der Waals surface area contributed by atoms with Crippen LogP contribution >= 0.6 is 11.6 Å². The van der Waals surface area contributed by atoms with Gasteiger partial charge in [-0.3, -0.25) is 9.78 Å². The fraction of sp³-hybridized carbons (Fsp3) is 0.267. The molecule has 110 valence electrons. The predicted octanol–water partition coefficient (Wildman–Crippen LogP) is 2.04. The van der Waals surface area contributed by atoms with Crippen LogP contribution in [0, 0.1) is 0 Å². The first-order valence-corrected chi connectivity index (χ1v) is 7.13. The van der Waals surface area contributed by atoms with Gasteiger partial charge in [0.1, 0.15) is 5.15 Å². The van der Waals surface area contributed by atoms with Crippen LogP contribution in [0.5, 0.6) is 0 Å². The summed E-state index contributed by atoms with van der Waals surface area (Å²) < 4.78 is 0. The van der Waals surface area contributed by atoms with Crippen molar-refractivity contribution in [2.45, 2.75) is 13.0 Å². The van der Waals surface area contributed by atoms with Crippen molar-refractivity contribution in [2.24, 2.45) is 0 Å². The molecule has 0 aliphatic heterocycles. The van der Waals surface area contributed by atoms with Gasteiger partial charge in [-0.05, 0) is 36.7 Å². The molecule has 2 heterocycles. The number of amides is 1. The zero-order chi connectivity index (χ0) is 14.9. The average molecular weight is 305 g/mol. The summed E-state index contributed by atoms with van der Waals surface area (Å²) in [5, 5.41) is 6.47. The second-order valence-corrected chi connectivity index (χ2v) is 4.90. The van der Waals surface area contributed by atoms with Gasteiger partial charge in [0.05, 0.1) is 0 Å². The van der Waals surface area contributed by atoms with Crippen molar-refractivity contribution in [3.8, 4) is 0 Å². The van der Waals surface area contributed by atoms with Crippen LogP contribution in [0.1, 0.15) is 22.3 Å². The number of nitrogens with one attached hydrogen (secondary N) is 2. The molecule has 0 saturated heterocycles. The van der Waals surface area contributed by atoms with Crippen molar-refractivity contribution < 1.29 is 4.79 Å². The molecule has 2 aromatic heterocycles. The first kappa shape index (κ1) is 15.4. The van der Waals surface area contributed by atoms with Gasteiger partial charge in [-0.1, -0.05) is 17.7 Å². The van der Waals surface area contributed by atoms with Crippen molar-refractivity contribution in [1.29, 1.82) is 0 Å². The van der Waals surface area contributed by atoms with E-state index in [2.05, 4.69) is 20.6 Å². The topological polar surface area (TPSA) is 66.9 Å². The average Bonchev–Trinajstić information content (AvgIpc) is 2.51. The summed E-state index contributed by atoms with van der Waals surface area (Å²) in [4.78, 5) is 19.7. The van der Waals surface area contributed by atoms with Gasteiger partial charge in [-0.15, -0.1) is 0 Å². The molecule has 5 nitrogen and oxygen atoms in total. The third-order valence-electron chi connectivity index (χ3n) is 2.86. The lowest BCUT2D eigenvalue weighted by Gasteiger charge is -2.07. The minimum absolute atomic E-state index is 0.133. The fourth-order valence-electron chi connectivity index (χ4n) is 1.80. The lowest BCUT2D eigenvalue weighted by atomic mass is 10.2. The molecule has 2 rings (SSSR count).